The first-order valence-corrected chi connectivity index (χ1v) is 7.24. The molecular formula is C10H22N2O3S. The zero-order valence-corrected chi connectivity index (χ0v) is 11.1. The Morgan fingerprint density at radius 1 is 1.38 bits per heavy atom. The number of amides is 1. The molecule has 0 spiro atoms. The fourth-order valence-corrected chi connectivity index (χ4v) is 3.01. The predicted octanol–water partition coefficient (Wildman–Crippen LogP) is 0.0548. The molecule has 0 bridgehead atoms. The minimum atomic E-state index is -3.41. The van der Waals surface area contributed by atoms with Crippen LogP contribution in [-0.4, -0.2) is 37.9 Å². The van der Waals surface area contributed by atoms with E-state index in [1.165, 1.54) is 0 Å². The highest BCUT2D eigenvalue weighted by atomic mass is 32.2. The van der Waals surface area contributed by atoms with Gasteiger partial charge >= 0.3 is 0 Å². The van der Waals surface area contributed by atoms with Gasteiger partial charge in [-0.3, -0.25) is 4.79 Å². The number of rotatable bonds is 7. The fourth-order valence-electron chi connectivity index (χ4n) is 1.27. The summed E-state index contributed by atoms with van der Waals surface area (Å²) in [5.41, 5.74) is 4.81. The monoisotopic (exact) mass is 250 g/mol. The topological polar surface area (TPSA) is 89.3 Å². The molecule has 0 atom stereocenters. The van der Waals surface area contributed by atoms with Crippen molar-refractivity contribution in [1.29, 1.82) is 0 Å². The third-order valence-corrected chi connectivity index (χ3v) is 3.68. The highest BCUT2D eigenvalue weighted by molar-refractivity contribution is 7.92. The van der Waals surface area contributed by atoms with Crippen molar-refractivity contribution in [3.8, 4) is 0 Å². The van der Waals surface area contributed by atoms with Crippen molar-refractivity contribution in [2.75, 3.05) is 18.1 Å². The maximum Gasteiger partial charge on any atom is 0.235 e. The van der Waals surface area contributed by atoms with Crippen LogP contribution >= 0.6 is 0 Å². The van der Waals surface area contributed by atoms with Crippen molar-refractivity contribution in [2.45, 2.75) is 39.2 Å². The lowest BCUT2D eigenvalue weighted by molar-refractivity contribution is -0.118. The molecule has 16 heavy (non-hydrogen) atoms. The third-order valence-electron chi connectivity index (χ3n) is 1.80. The molecule has 0 rings (SSSR count). The van der Waals surface area contributed by atoms with Crippen LogP contribution in [0.1, 0.15) is 33.6 Å². The van der Waals surface area contributed by atoms with Crippen molar-refractivity contribution in [1.82, 2.24) is 5.32 Å². The third kappa shape index (κ3) is 8.67. The molecule has 0 unspecified atom stereocenters. The van der Waals surface area contributed by atoms with Gasteiger partial charge in [0.05, 0.1) is 5.75 Å². The maximum absolute atomic E-state index is 11.5. The molecule has 5 nitrogen and oxygen atoms in total. The molecule has 0 fully saturated rings. The first-order chi connectivity index (χ1) is 7.16. The van der Waals surface area contributed by atoms with Crippen LogP contribution in [0.2, 0.25) is 0 Å². The normalized spacial score (nSPS) is 12.5. The van der Waals surface area contributed by atoms with E-state index in [0.29, 0.717) is 6.54 Å². The van der Waals surface area contributed by atoms with Crippen LogP contribution in [-0.2, 0) is 14.6 Å². The highest BCUT2D eigenvalue weighted by Crippen LogP contribution is 2.03. The first kappa shape index (κ1) is 15.4. The van der Waals surface area contributed by atoms with E-state index >= 15 is 0 Å². The van der Waals surface area contributed by atoms with E-state index in [4.69, 9.17) is 5.73 Å². The van der Waals surface area contributed by atoms with Gasteiger partial charge in [-0.25, -0.2) is 8.42 Å². The van der Waals surface area contributed by atoms with E-state index in [1.807, 2.05) is 6.92 Å². The summed E-state index contributed by atoms with van der Waals surface area (Å²) in [7, 11) is -3.41. The quantitative estimate of drug-likeness (QED) is 0.625. The van der Waals surface area contributed by atoms with Crippen molar-refractivity contribution >= 4 is 15.7 Å². The molecule has 0 radical (unpaired) electrons. The Morgan fingerprint density at radius 2 is 1.94 bits per heavy atom. The molecule has 3 N–H and O–H groups in total. The highest BCUT2D eigenvalue weighted by Gasteiger charge is 2.24. The Kier molecular flexibility index (Phi) is 5.96. The lowest BCUT2D eigenvalue weighted by atomic mass is 10.1. The van der Waals surface area contributed by atoms with Gasteiger partial charge in [-0.2, -0.15) is 0 Å². The van der Waals surface area contributed by atoms with E-state index in [2.05, 4.69) is 5.32 Å². The summed E-state index contributed by atoms with van der Waals surface area (Å²) in [6, 6.07) is 0. The summed E-state index contributed by atoms with van der Waals surface area (Å²) < 4.78 is 23.1. The number of sulfone groups is 1. The van der Waals surface area contributed by atoms with Gasteiger partial charge in [0, 0.05) is 12.1 Å². The molecule has 96 valence electrons. The molecule has 1 amide bonds. The molecule has 0 aromatic carbocycles. The van der Waals surface area contributed by atoms with Gasteiger partial charge in [-0.05, 0) is 20.3 Å². The Morgan fingerprint density at radius 3 is 2.38 bits per heavy atom. The van der Waals surface area contributed by atoms with Gasteiger partial charge < -0.3 is 11.1 Å². The Balaban J connectivity index is 4.12. The summed E-state index contributed by atoms with van der Waals surface area (Å²) in [4.78, 5) is 11.3. The van der Waals surface area contributed by atoms with E-state index in [1.54, 1.807) is 13.8 Å². The molecule has 0 saturated carbocycles. The van der Waals surface area contributed by atoms with Gasteiger partial charge in [0.25, 0.3) is 0 Å². The van der Waals surface area contributed by atoms with Crippen molar-refractivity contribution in [2.24, 2.45) is 5.73 Å². The minimum absolute atomic E-state index is 0.179. The number of carbonyl (C=O) groups is 1. The number of nitrogens with one attached hydrogen (secondary N) is 1. The molecular weight excluding hydrogens is 228 g/mol. The Bertz CT molecular complexity index is 317. The van der Waals surface area contributed by atoms with Gasteiger partial charge in [-0.15, -0.1) is 0 Å². The van der Waals surface area contributed by atoms with Crippen LogP contribution in [0, 0.1) is 0 Å². The van der Waals surface area contributed by atoms with Crippen LogP contribution in [0.5, 0.6) is 0 Å². The van der Waals surface area contributed by atoms with Crippen LogP contribution in [0.25, 0.3) is 0 Å². The number of carbonyl (C=O) groups excluding carboxylic acids is 1. The molecule has 0 aliphatic rings. The molecule has 6 heteroatoms. The lowest BCUT2D eigenvalue weighted by Gasteiger charge is -2.17. The summed E-state index contributed by atoms with van der Waals surface area (Å²) in [5, 5.41) is 2.57. The van der Waals surface area contributed by atoms with E-state index in [0.717, 1.165) is 12.8 Å². The molecule has 0 aromatic rings. The predicted molar refractivity (Wildman–Crippen MR) is 64.8 cm³/mol. The van der Waals surface area contributed by atoms with Crippen molar-refractivity contribution in [3.05, 3.63) is 0 Å². The zero-order valence-electron chi connectivity index (χ0n) is 10.2. The second-order valence-electron chi connectivity index (χ2n) is 4.72. The number of unbranched alkanes of at least 4 members (excludes halogenated alkanes) is 1. The Labute approximate surface area is 97.7 Å². The van der Waals surface area contributed by atoms with E-state index in [9.17, 15) is 13.2 Å². The molecule has 0 aliphatic heterocycles. The largest absolute Gasteiger partial charge is 0.355 e. The Hall–Kier alpha value is -0.620. The molecule has 0 aliphatic carbocycles. The van der Waals surface area contributed by atoms with Gasteiger partial charge in [-0.1, -0.05) is 13.3 Å². The standard InChI is InChI=1S/C10H22N2O3S/c1-4-5-6-12-9(13)7-16(14,15)8-10(2,3)11/h4-8,11H2,1-3H3,(H,12,13). The minimum Gasteiger partial charge on any atom is -0.355 e. The zero-order chi connectivity index (χ0) is 12.8. The second kappa shape index (κ2) is 6.20. The summed E-state index contributed by atoms with van der Waals surface area (Å²) >= 11 is 0. The van der Waals surface area contributed by atoms with Crippen LogP contribution in [0.3, 0.4) is 0 Å². The smallest absolute Gasteiger partial charge is 0.235 e. The average Bonchev–Trinajstić information content (AvgIpc) is 1.98. The van der Waals surface area contributed by atoms with Gasteiger partial charge in [0.2, 0.25) is 5.91 Å². The number of hydrogen-bond acceptors (Lipinski definition) is 4. The summed E-state index contributed by atoms with van der Waals surface area (Å²) in [6.07, 6.45) is 1.82. The molecule has 0 heterocycles. The summed E-state index contributed by atoms with van der Waals surface area (Å²) in [6.45, 7) is 5.77. The van der Waals surface area contributed by atoms with E-state index < -0.39 is 27.0 Å². The SMILES string of the molecule is CCCCNC(=O)CS(=O)(=O)CC(C)(C)N. The van der Waals surface area contributed by atoms with Crippen LogP contribution in [0.15, 0.2) is 0 Å². The van der Waals surface area contributed by atoms with Crippen molar-refractivity contribution < 1.29 is 13.2 Å². The molecule has 0 saturated heterocycles. The fraction of sp³-hybridized carbons (Fsp3) is 0.900. The summed E-state index contributed by atoms with van der Waals surface area (Å²) in [5.74, 6) is -1.10. The maximum atomic E-state index is 11.5. The lowest BCUT2D eigenvalue weighted by Crippen LogP contribution is -2.43. The van der Waals surface area contributed by atoms with Crippen molar-refractivity contribution in [3.63, 3.8) is 0 Å². The molecule has 0 aromatic heterocycles. The first-order valence-electron chi connectivity index (χ1n) is 5.42. The van der Waals surface area contributed by atoms with Crippen LogP contribution in [0.4, 0.5) is 0 Å². The average molecular weight is 250 g/mol. The second-order valence-corrected chi connectivity index (χ2v) is 6.79. The number of nitrogens with two attached hydrogens (primary N) is 1. The number of hydrogen-bond donors (Lipinski definition) is 2. The van der Waals surface area contributed by atoms with Gasteiger partial charge in [0.1, 0.15) is 5.75 Å². The van der Waals surface area contributed by atoms with E-state index in [-0.39, 0.29) is 5.75 Å². The van der Waals surface area contributed by atoms with Crippen LogP contribution < -0.4 is 11.1 Å². The van der Waals surface area contributed by atoms with Gasteiger partial charge in [0.15, 0.2) is 9.84 Å².